The van der Waals surface area contributed by atoms with E-state index in [4.69, 9.17) is 23.3 Å². The van der Waals surface area contributed by atoms with Gasteiger partial charge in [-0.15, -0.1) is 0 Å². The molecular formula is C14H21CrNO6. The number of hydrogen-bond donors (Lipinski definition) is 0. The Morgan fingerprint density at radius 2 is 1.00 bits per heavy atom. The van der Waals surface area contributed by atoms with Gasteiger partial charge in [0.05, 0.1) is 28.2 Å². The summed E-state index contributed by atoms with van der Waals surface area (Å²) in [5, 5.41) is 10.1. The average Bonchev–Trinajstić information content (AvgIpc) is 2.53. The van der Waals surface area contributed by atoms with Crippen LogP contribution in [0.3, 0.4) is 0 Å². The van der Waals surface area contributed by atoms with Crippen LogP contribution < -0.4 is 5.11 Å². The molecule has 0 saturated heterocycles. The van der Waals surface area contributed by atoms with Gasteiger partial charge >= 0.3 is 108 Å². The van der Waals surface area contributed by atoms with Gasteiger partial charge in [-0.3, -0.25) is 0 Å². The second-order valence-electron chi connectivity index (χ2n) is 4.16. The third kappa shape index (κ3) is 676. The van der Waals surface area contributed by atoms with Crippen molar-refractivity contribution in [3.63, 3.8) is 0 Å². The molecule has 0 N–H and O–H groups in total. The van der Waals surface area contributed by atoms with Gasteiger partial charge in [0.25, 0.3) is 0 Å². The van der Waals surface area contributed by atoms with Gasteiger partial charge in [-0.25, -0.2) is 0 Å². The van der Waals surface area contributed by atoms with Gasteiger partial charge < -0.3 is 4.48 Å². The molecule has 0 atom stereocenters. The molecule has 0 aliphatic carbocycles. The molecule has 0 aromatic carbocycles. The molecule has 0 saturated carbocycles. The predicted octanol–water partition coefficient (Wildman–Crippen LogP) is 0.348. The second kappa shape index (κ2) is 59.6. The summed E-state index contributed by atoms with van der Waals surface area (Å²) in [4.78, 5) is 0. The van der Waals surface area contributed by atoms with Crippen LogP contribution in [0.2, 0.25) is 0 Å². The Hall–Kier alpha value is -0.978. The van der Waals surface area contributed by atoms with E-state index in [0.29, 0.717) is 6.42 Å². The molecule has 0 fully saturated rings. The molecule has 22 heavy (non-hydrogen) atoms. The number of rotatable bonds is 3. The molecule has 0 bridgehead atoms. The zero-order valence-electron chi connectivity index (χ0n) is 13.4. The third-order valence-electron chi connectivity index (χ3n) is 0.734. The van der Waals surface area contributed by atoms with E-state index in [2.05, 4.69) is 84.2 Å². The normalized spacial score (nSPS) is 6.00. The van der Waals surface area contributed by atoms with Crippen molar-refractivity contribution in [3.8, 4) is 0 Å². The predicted molar refractivity (Wildman–Crippen MR) is 68.1 cm³/mol. The van der Waals surface area contributed by atoms with Gasteiger partial charge in [-0.05, 0) is 0 Å². The number of quaternary nitrogens is 1. The number of nitrogens with zero attached hydrogens (tertiary/aromatic N) is 1. The van der Waals surface area contributed by atoms with Crippen LogP contribution >= 0.6 is 0 Å². The van der Waals surface area contributed by atoms with Crippen molar-refractivity contribution < 1.29 is 48.7 Å². The van der Waals surface area contributed by atoms with Crippen molar-refractivity contribution >= 4 is 4.57 Å². The first-order chi connectivity index (χ1) is 10.3. The van der Waals surface area contributed by atoms with Crippen LogP contribution in [-0.2, 0) is 39.1 Å². The Morgan fingerprint density at radius 3 is 1.05 bits per heavy atom. The SMILES string of the molecule is CCCC[C]([O-])=[Cr].C[N+](C)(C)C.[C-]#[O+].[C-]#[O+].[C-]#[O+].[C-]#[O+].[C-]#[O+]. The van der Waals surface area contributed by atoms with Gasteiger partial charge in [-0.2, -0.15) is 0 Å². The first-order valence-corrected chi connectivity index (χ1v) is 5.92. The zero-order chi connectivity index (χ0) is 20.2. The van der Waals surface area contributed by atoms with Crippen LogP contribution in [0.1, 0.15) is 26.2 Å². The summed E-state index contributed by atoms with van der Waals surface area (Å²) in [6.07, 6.45) is 2.83. The standard InChI is InChI=1S/C5H9O.C4H12N.5CO.Cr/c1-2-3-4-5-6;1-5(2,3)4;5*1-2;/h2-4H2,1H3;1-4H3;;;;;;/q-1;+1;;;;;;. The molecule has 8 heteroatoms. The number of hydrogen-bond acceptors (Lipinski definition) is 1. The molecular weight excluding hydrogens is 330 g/mol. The van der Waals surface area contributed by atoms with Crippen LogP contribution in [0, 0.1) is 33.3 Å². The van der Waals surface area contributed by atoms with Gasteiger partial charge in [-0.1, -0.05) is 0 Å². The summed E-state index contributed by atoms with van der Waals surface area (Å²) in [5.74, 6) is 0. The second-order valence-corrected chi connectivity index (χ2v) is 4.87. The van der Waals surface area contributed by atoms with Crippen molar-refractivity contribution in [2.75, 3.05) is 28.2 Å². The fraction of sp³-hybridized carbons (Fsp3) is 0.571. The van der Waals surface area contributed by atoms with E-state index < -0.39 is 0 Å². The summed E-state index contributed by atoms with van der Waals surface area (Å²) >= 11 is 2.44. The molecule has 124 valence electrons. The van der Waals surface area contributed by atoms with Crippen LogP contribution in [0.4, 0.5) is 0 Å². The summed E-state index contributed by atoms with van der Waals surface area (Å²) < 4.78 is 38.7. The molecule has 0 aliphatic heterocycles. The molecule has 0 spiro atoms. The summed E-state index contributed by atoms with van der Waals surface area (Å²) in [5.41, 5.74) is 0. The molecule has 0 aromatic rings. The maximum absolute atomic E-state index is 10.1. The number of unbranched alkanes of at least 4 members (excludes halogenated alkanes) is 1. The Kier molecular flexibility index (Phi) is 116. The fourth-order valence-electron chi connectivity index (χ4n) is 0.321. The van der Waals surface area contributed by atoms with Crippen LogP contribution in [0.5, 0.6) is 0 Å². The summed E-state index contributed by atoms with van der Waals surface area (Å²) in [7, 11) is 8.50. The van der Waals surface area contributed by atoms with Crippen LogP contribution in [-0.4, -0.2) is 37.2 Å². The summed E-state index contributed by atoms with van der Waals surface area (Å²) in [6, 6.07) is 0. The van der Waals surface area contributed by atoms with Gasteiger partial charge in [0, 0.05) is 0 Å². The molecule has 0 heterocycles. The average molecular weight is 351 g/mol. The van der Waals surface area contributed by atoms with E-state index in [-0.39, 0.29) is 4.57 Å². The molecule has 0 aliphatic rings. The molecule has 0 rings (SSSR count). The van der Waals surface area contributed by atoms with Gasteiger partial charge in [0.1, 0.15) is 0 Å². The van der Waals surface area contributed by atoms with E-state index in [0.717, 1.165) is 17.3 Å². The van der Waals surface area contributed by atoms with Gasteiger partial charge in [0.2, 0.25) is 0 Å². The van der Waals surface area contributed by atoms with Crippen molar-refractivity contribution in [1.29, 1.82) is 0 Å². The monoisotopic (exact) mass is 351 g/mol. The molecule has 0 unspecified atom stereocenters. The van der Waals surface area contributed by atoms with E-state index in [9.17, 15) is 5.11 Å². The van der Waals surface area contributed by atoms with Crippen LogP contribution in [0.25, 0.3) is 0 Å². The summed E-state index contributed by atoms with van der Waals surface area (Å²) in [6.45, 7) is 24.6. The molecule has 7 nitrogen and oxygen atoms in total. The van der Waals surface area contributed by atoms with Crippen molar-refractivity contribution in [1.82, 2.24) is 0 Å². The van der Waals surface area contributed by atoms with Crippen molar-refractivity contribution in [2.45, 2.75) is 26.2 Å². The molecule has 0 amide bonds. The van der Waals surface area contributed by atoms with E-state index >= 15 is 0 Å². The van der Waals surface area contributed by atoms with E-state index in [1.807, 2.05) is 0 Å². The van der Waals surface area contributed by atoms with E-state index in [1.165, 1.54) is 0 Å². The van der Waals surface area contributed by atoms with Crippen molar-refractivity contribution in [2.24, 2.45) is 0 Å². The van der Waals surface area contributed by atoms with Crippen molar-refractivity contribution in [3.05, 3.63) is 33.3 Å². The maximum atomic E-state index is 10.1. The topological polar surface area (TPSA) is 123 Å². The minimum absolute atomic E-state index is 0.182. The molecule has 0 aromatic heterocycles. The molecule has 0 radical (unpaired) electrons. The Balaban J connectivity index is -0.0000000266. The Labute approximate surface area is 141 Å². The first-order valence-electron chi connectivity index (χ1n) is 5.28. The minimum atomic E-state index is 0.182. The first kappa shape index (κ1) is 42.9. The fourth-order valence-corrected chi connectivity index (χ4v) is 0.547. The third-order valence-corrected chi connectivity index (χ3v) is 1.05. The Bertz CT molecular complexity index is 246. The quantitative estimate of drug-likeness (QED) is 0.406. The van der Waals surface area contributed by atoms with Crippen LogP contribution in [0.15, 0.2) is 0 Å². The van der Waals surface area contributed by atoms with Gasteiger partial charge in [0.15, 0.2) is 0 Å². The zero-order valence-corrected chi connectivity index (χ0v) is 14.7. The Morgan fingerprint density at radius 1 is 0.818 bits per heavy atom. The van der Waals surface area contributed by atoms with E-state index in [1.54, 1.807) is 0 Å².